The zero-order valence-electron chi connectivity index (χ0n) is 9.76. The van der Waals surface area contributed by atoms with Crippen LogP contribution < -0.4 is 11.1 Å². The third-order valence-electron chi connectivity index (χ3n) is 3.26. The summed E-state index contributed by atoms with van der Waals surface area (Å²) in [5, 5.41) is 13.7. The van der Waals surface area contributed by atoms with E-state index in [0.29, 0.717) is 23.8 Å². The topological polar surface area (TPSA) is 105 Å². The van der Waals surface area contributed by atoms with Crippen LogP contribution in [-0.4, -0.2) is 28.5 Å². The molecular formula is C11H15N3O3S. The van der Waals surface area contributed by atoms with Gasteiger partial charge in [0, 0.05) is 11.9 Å². The molecule has 6 nitrogen and oxygen atoms in total. The Bertz CT molecular complexity index is 460. The third-order valence-corrected chi connectivity index (χ3v) is 3.93. The summed E-state index contributed by atoms with van der Waals surface area (Å²) in [5.74, 6) is -1.39. The Hall–Kier alpha value is -1.63. The van der Waals surface area contributed by atoms with Crippen molar-refractivity contribution in [3.8, 4) is 0 Å². The maximum atomic E-state index is 11.7. The first-order valence-electron chi connectivity index (χ1n) is 5.80. The Morgan fingerprint density at radius 3 is 2.94 bits per heavy atom. The predicted octanol–water partition coefficient (Wildman–Crippen LogP) is 0.956. The molecule has 0 aromatic carbocycles. The van der Waals surface area contributed by atoms with Crippen LogP contribution in [0.3, 0.4) is 0 Å². The highest BCUT2D eigenvalue weighted by molar-refractivity contribution is 7.13. The molecule has 18 heavy (non-hydrogen) atoms. The van der Waals surface area contributed by atoms with Gasteiger partial charge in [-0.1, -0.05) is 6.42 Å². The van der Waals surface area contributed by atoms with E-state index >= 15 is 0 Å². The minimum absolute atomic E-state index is 0.0161. The number of amides is 1. The summed E-state index contributed by atoms with van der Waals surface area (Å²) < 4.78 is 0. The number of carboxylic acids is 1. The Labute approximate surface area is 108 Å². The molecule has 98 valence electrons. The van der Waals surface area contributed by atoms with Gasteiger partial charge in [-0.15, -0.1) is 11.3 Å². The molecule has 7 heteroatoms. The van der Waals surface area contributed by atoms with Gasteiger partial charge < -0.3 is 16.2 Å². The summed E-state index contributed by atoms with van der Waals surface area (Å²) in [6.45, 7) is 0.382. The lowest BCUT2D eigenvalue weighted by molar-refractivity contribution is -0.142. The smallest absolute Gasteiger partial charge is 0.306 e. The van der Waals surface area contributed by atoms with E-state index in [2.05, 4.69) is 10.3 Å². The van der Waals surface area contributed by atoms with Crippen molar-refractivity contribution >= 4 is 28.3 Å². The maximum absolute atomic E-state index is 11.7. The van der Waals surface area contributed by atoms with Crippen LogP contribution in [0.4, 0.5) is 5.13 Å². The second kappa shape index (κ2) is 5.34. The summed E-state index contributed by atoms with van der Waals surface area (Å²) in [6, 6.07) is 0. The number of nitrogens with one attached hydrogen (secondary N) is 1. The van der Waals surface area contributed by atoms with Gasteiger partial charge >= 0.3 is 5.97 Å². The molecule has 2 unspecified atom stereocenters. The van der Waals surface area contributed by atoms with Crippen LogP contribution in [0.1, 0.15) is 29.8 Å². The first-order chi connectivity index (χ1) is 8.58. The molecule has 1 heterocycles. The van der Waals surface area contributed by atoms with Crippen molar-refractivity contribution in [2.45, 2.75) is 19.3 Å². The lowest BCUT2D eigenvalue weighted by atomic mass is 9.96. The van der Waals surface area contributed by atoms with Crippen LogP contribution in [0.25, 0.3) is 0 Å². The zero-order chi connectivity index (χ0) is 13.1. The van der Waals surface area contributed by atoms with Crippen LogP contribution >= 0.6 is 11.3 Å². The summed E-state index contributed by atoms with van der Waals surface area (Å²) in [7, 11) is 0. The van der Waals surface area contributed by atoms with E-state index in [4.69, 9.17) is 10.8 Å². The van der Waals surface area contributed by atoms with E-state index in [-0.39, 0.29) is 17.7 Å². The molecule has 1 aromatic heterocycles. The third kappa shape index (κ3) is 2.79. The maximum Gasteiger partial charge on any atom is 0.306 e. The van der Waals surface area contributed by atoms with Crippen LogP contribution in [0, 0.1) is 11.8 Å². The molecule has 1 fully saturated rings. The Balaban J connectivity index is 1.88. The number of hydrogen-bond acceptors (Lipinski definition) is 5. The fourth-order valence-electron chi connectivity index (χ4n) is 2.31. The minimum Gasteiger partial charge on any atom is -0.481 e. The highest BCUT2D eigenvalue weighted by Crippen LogP contribution is 2.31. The normalized spacial score (nSPS) is 22.9. The Morgan fingerprint density at radius 2 is 2.33 bits per heavy atom. The van der Waals surface area contributed by atoms with E-state index in [1.807, 2.05) is 0 Å². The Morgan fingerprint density at radius 1 is 1.56 bits per heavy atom. The van der Waals surface area contributed by atoms with Crippen molar-refractivity contribution in [2.75, 3.05) is 12.3 Å². The predicted molar refractivity (Wildman–Crippen MR) is 67.3 cm³/mol. The molecule has 0 spiro atoms. The molecule has 2 rings (SSSR count). The molecule has 4 N–H and O–H groups in total. The minimum atomic E-state index is -0.773. The molecule has 1 aliphatic rings. The second-order valence-electron chi connectivity index (χ2n) is 4.42. The molecule has 2 atom stereocenters. The number of carboxylic acid groups (broad SMARTS) is 1. The summed E-state index contributed by atoms with van der Waals surface area (Å²) in [4.78, 5) is 26.6. The number of carbonyl (C=O) groups is 2. The van der Waals surface area contributed by atoms with Gasteiger partial charge in [0.2, 0.25) is 0 Å². The number of thiazole rings is 1. The zero-order valence-corrected chi connectivity index (χ0v) is 10.6. The number of anilines is 1. The monoisotopic (exact) mass is 269 g/mol. The molecule has 0 radical (unpaired) electrons. The van der Waals surface area contributed by atoms with E-state index in [9.17, 15) is 9.59 Å². The number of hydrogen-bond donors (Lipinski definition) is 3. The average Bonchev–Trinajstić information content (AvgIpc) is 2.94. The van der Waals surface area contributed by atoms with E-state index in [1.54, 1.807) is 5.38 Å². The van der Waals surface area contributed by atoms with Gasteiger partial charge in [-0.3, -0.25) is 9.59 Å². The SMILES string of the molecule is Nc1nc(C(=O)NCC2CCCC2C(=O)O)cs1. The largest absolute Gasteiger partial charge is 0.481 e. The first-order valence-corrected chi connectivity index (χ1v) is 6.68. The first kappa shape index (κ1) is 12.8. The van der Waals surface area contributed by atoms with Crippen LogP contribution in [0.2, 0.25) is 0 Å². The van der Waals surface area contributed by atoms with Crippen molar-refractivity contribution in [1.29, 1.82) is 0 Å². The highest BCUT2D eigenvalue weighted by atomic mass is 32.1. The van der Waals surface area contributed by atoms with Gasteiger partial charge in [0.25, 0.3) is 5.91 Å². The number of carbonyl (C=O) groups excluding carboxylic acids is 1. The van der Waals surface area contributed by atoms with Crippen LogP contribution in [-0.2, 0) is 4.79 Å². The number of rotatable bonds is 4. The van der Waals surface area contributed by atoms with Gasteiger partial charge in [0.1, 0.15) is 5.69 Å². The fraction of sp³-hybridized carbons (Fsp3) is 0.545. The van der Waals surface area contributed by atoms with E-state index in [0.717, 1.165) is 12.8 Å². The van der Waals surface area contributed by atoms with E-state index < -0.39 is 5.97 Å². The molecule has 0 saturated heterocycles. The Kier molecular flexibility index (Phi) is 3.81. The highest BCUT2D eigenvalue weighted by Gasteiger charge is 2.32. The summed E-state index contributed by atoms with van der Waals surface area (Å²) >= 11 is 1.21. The van der Waals surface area contributed by atoms with Gasteiger partial charge in [-0.25, -0.2) is 4.98 Å². The summed E-state index contributed by atoms with van der Waals surface area (Å²) in [6.07, 6.45) is 2.44. The number of nitrogens with two attached hydrogens (primary N) is 1. The van der Waals surface area contributed by atoms with Crippen molar-refractivity contribution in [1.82, 2.24) is 10.3 Å². The van der Waals surface area contributed by atoms with Crippen LogP contribution in [0.15, 0.2) is 5.38 Å². The standard InChI is InChI=1S/C11H15N3O3S/c12-11-14-8(5-18-11)9(15)13-4-6-2-1-3-7(6)10(16)17/h5-7H,1-4H2,(H2,12,14)(H,13,15)(H,16,17). The van der Waals surface area contributed by atoms with Gasteiger partial charge in [0.05, 0.1) is 5.92 Å². The number of aromatic nitrogens is 1. The molecule has 0 aliphatic heterocycles. The molecule has 1 amide bonds. The molecule has 0 bridgehead atoms. The number of aliphatic carboxylic acids is 1. The average molecular weight is 269 g/mol. The van der Waals surface area contributed by atoms with Crippen molar-refractivity contribution in [2.24, 2.45) is 11.8 Å². The quantitative estimate of drug-likeness (QED) is 0.755. The van der Waals surface area contributed by atoms with Crippen molar-refractivity contribution in [3.05, 3.63) is 11.1 Å². The van der Waals surface area contributed by atoms with Gasteiger partial charge in [-0.05, 0) is 18.8 Å². The van der Waals surface area contributed by atoms with Gasteiger partial charge in [-0.2, -0.15) is 0 Å². The molecule has 1 saturated carbocycles. The lowest BCUT2D eigenvalue weighted by Gasteiger charge is -2.15. The van der Waals surface area contributed by atoms with Crippen LogP contribution in [0.5, 0.6) is 0 Å². The number of nitrogens with zero attached hydrogens (tertiary/aromatic N) is 1. The summed E-state index contributed by atoms with van der Waals surface area (Å²) in [5.41, 5.74) is 5.74. The lowest BCUT2D eigenvalue weighted by Crippen LogP contribution is -2.33. The molecule has 1 aromatic rings. The molecule has 1 aliphatic carbocycles. The second-order valence-corrected chi connectivity index (χ2v) is 5.31. The van der Waals surface area contributed by atoms with E-state index in [1.165, 1.54) is 11.3 Å². The number of nitrogen functional groups attached to an aromatic ring is 1. The van der Waals surface area contributed by atoms with Gasteiger partial charge in [0.15, 0.2) is 5.13 Å². The van der Waals surface area contributed by atoms with Crippen molar-refractivity contribution < 1.29 is 14.7 Å². The molecular weight excluding hydrogens is 254 g/mol. The van der Waals surface area contributed by atoms with Crippen molar-refractivity contribution in [3.63, 3.8) is 0 Å². The fourth-order valence-corrected chi connectivity index (χ4v) is 2.86.